The minimum Gasteiger partial charge on any atom is -0.347 e. The summed E-state index contributed by atoms with van der Waals surface area (Å²) in [4.78, 5) is 12.9. The molecule has 31 heavy (non-hydrogen) atoms. The summed E-state index contributed by atoms with van der Waals surface area (Å²) >= 11 is 11.1. The minimum absolute atomic E-state index is 0.128. The zero-order valence-electron chi connectivity index (χ0n) is 15.9. The maximum Gasteiger partial charge on any atom is 0.418 e. The van der Waals surface area contributed by atoms with E-state index >= 15 is 0 Å². The lowest BCUT2D eigenvalue weighted by molar-refractivity contribution is -0.136. The largest absolute Gasteiger partial charge is 0.418 e. The number of rotatable bonds is 5. The fraction of sp³-hybridized carbons (Fsp3) is 0.0909. The summed E-state index contributed by atoms with van der Waals surface area (Å²) in [5.74, 6) is -0.443. The van der Waals surface area contributed by atoms with Crippen molar-refractivity contribution < 1.29 is 18.0 Å². The zero-order valence-corrected chi connectivity index (χ0v) is 17.5. The Morgan fingerprint density at radius 1 is 0.871 bits per heavy atom. The Hall–Kier alpha value is -3.10. The van der Waals surface area contributed by atoms with Gasteiger partial charge < -0.3 is 16.0 Å². The number of thiocarbonyl (C=S) groups is 1. The fourth-order valence-electron chi connectivity index (χ4n) is 2.82. The number of carbonyl (C=O) groups excluding carboxylic acids is 1. The molecule has 160 valence electrons. The van der Waals surface area contributed by atoms with Crippen LogP contribution in [-0.4, -0.2) is 11.0 Å². The molecule has 9 heteroatoms. The number of amides is 1. The van der Waals surface area contributed by atoms with Gasteiger partial charge in [0.2, 0.25) is 0 Å². The van der Waals surface area contributed by atoms with Gasteiger partial charge in [-0.05, 0) is 54.2 Å². The van der Waals surface area contributed by atoms with Gasteiger partial charge in [-0.25, -0.2) is 0 Å². The van der Waals surface area contributed by atoms with Crippen LogP contribution < -0.4 is 16.0 Å². The monoisotopic (exact) mass is 463 g/mol. The molecular formula is C22H17ClF3N3OS. The molecule has 0 fully saturated rings. The quantitative estimate of drug-likeness (QED) is 0.405. The Labute approximate surface area is 187 Å². The normalized spacial score (nSPS) is 12.0. The van der Waals surface area contributed by atoms with Gasteiger partial charge in [0.1, 0.15) is 6.04 Å². The van der Waals surface area contributed by atoms with E-state index in [9.17, 15) is 18.0 Å². The van der Waals surface area contributed by atoms with E-state index in [4.69, 9.17) is 23.8 Å². The van der Waals surface area contributed by atoms with Crippen molar-refractivity contribution in [2.75, 3.05) is 10.6 Å². The van der Waals surface area contributed by atoms with Crippen molar-refractivity contribution in [3.63, 3.8) is 0 Å². The first-order valence-electron chi connectivity index (χ1n) is 9.09. The third kappa shape index (κ3) is 6.19. The number of benzene rings is 3. The number of hydrogen-bond donors (Lipinski definition) is 3. The second-order valence-corrected chi connectivity index (χ2v) is 7.33. The van der Waals surface area contributed by atoms with Gasteiger partial charge in [0.25, 0.3) is 5.91 Å². The molecule has 1 atom stereocenters. The third-order valence-corrected chi connectivity index (χ3v) is 4.73. The first-order chi connectivity index (χ1) is 14.7. The Balaban J connectivity index is 1.80. The molecule has 1 amide bonds. The van der Waals surface area contributed by atoms with Gasteiger partial charge in [-0.3, -0.25) is 4.79 Å². The van der Waals surface area contributed by atoms with Crippen LogP contribution in [0.2, 0.25) is 5.02 Å². The molecule has 3 N–H and O–H groups in total. The number of nitrogens with one attached hydrogen (secondary N) is 3. The summed E-state index contributed by atoms with van der Waals surface area (Å²) in [6, 6.07) is 19.2. The van der Waals surface area contributed by atoms with Crippen LogP contribution in [0, 0.1) is 0 Å². The van der Waals surface area contributed by atoms with Gasteiger partial charge in [0.05, 0.1) is 11.3 Å². The molecule has 3 aromatic carbocycles. The summed E-state index contributed by atoms with van der Waals surface area (Å²) in [6.45, 7) is 0. The highest BCUT2D eigenvalue weighted by Gasteiger charge is 2.33. The molecule has 1 unspecified atom stereocenters. The van der Waals surface area contributed by atoms with Crippen LogP contribution in [0.4, 0.5) is 24.5 Å². The molecule has 0 radical (unpaired) electrons. The summed E-state index contributed by atoms with van der Waals surface area (Å²) in [5.41, 5.74) is 0.0269. The highest BCUT2D eigenvalue weighted by Crippen LogP contribution is 2.34. The minimum atomic E-state index is -4.55. The van der Waals surface area contributed by atoms with E-state index in [2.05, 4.69) is 16.0 Å². The predicted octanol–water partition coefficient (Wildman–Crippen LogP) is 6.03. The van der Waals surface area contributed by atoms with Gasteiger partial charge in [-0.15, -0.1) is 0 Å². The topological polar surface area (TPSA) is 53.2 Å². The second kappa shape index (κ2) is 9.80. The van der Waals surface area contributed by atoms with E-state index < -0.39 is 23.7 Å². The van der Waals surface area contributed by atoms with Gasteiger partial charge in [0, 0.05) is 10.7 Å². The zero-order chi connectivity index (χ0) is 22.4. The fourth-order valence-corrected chi connectivity index (χ4v) is 3.18. The molecule has 4 nitrogen and oxygen atoms in total. The summed E-state index contributed by atoms with van der Waals surface area (Å²) in [5, 5.41) is 8.49. The average molecular weight is 464 g/mol. The van der Waals surface area contributed by atoms with Crippen molar-refractivity contribution in [3.8, 4) is 0 Å². The van der Waals surface area contributed by atoms with Crippen LogP contribution in [0.25, 0.3) is 0 Å². The van der Waals surface area contributed by atoms with Crippen LogP contribution in [-0.2, 0) is 11.0 Å². The van der Waals surface area contributed by atoms with Crippen LogP contribution in [0.5, 0.6) is 0 Å². The number of hydrogen-bond acceptors (Lipinski definition) is 2. The SMILES string of the molecule is O=C(Nc1ccc(Cl)cc1)C(NC(=S)Nc1ccccc1C(F)(F)F)c1ccccc1. The Bertz CT molecular complexity index is 1060. The van der Waals surface area contributed by atoms with Crippen molar-refractivity contribution in [1.82, 2.24) is 5.32 Å². The molecule has 0 spiro atoms. The Kier molecular flexibility index (Phi) is 7.14. The number of anilines is 2. The molecule has 0 aromatic heterocycles. The van der Waals surface area contributed by atoms with E-state index in [0.717, 1.165) is 6.07 Å². The first-order valence-corrected chi connectivity index (χ1v) is 9.88. The number of alkyl halides is 3. The molecule has 0 saturated carbocycles. The van der Waals surface area contributed by atoms with Crippen molar-refractivity contribution in [2.24, 2.45) is 0 Å². The number of carbonyl (C=O) groups is 1. The second-order valence-electron chi connectivity index (χ2n) is 6.48. The van der Waals surface area contributed by atoms with Crippen LogP contribution in [0.1, 0.15) is 17.2 Å². The third-order valence-electron chi connectivity index (χ3n) is 4.26. The van der Waals surface area contributed by atoms with E-state index in [-0.39, 0.29) is 10.8 Å². The molecule has 0 aliphatic rings. The molecule has 0 bridgehead atoms. The maximum absolute atomic E-state index is 13.2. The molecule has 0 aliphatic carbocycles. The Morgan fingerprint density at radius 3 is 2.13 bits per heavy atom. The van der Waals surface area contributed by atoms with Crippen molar-refractivity contribution in [1.29, 1.82) is 0 Å². The lowest BCUT2D eigenvalue weighted by Gasteiger charge is -2.22. The van der Waals surface area contributed by atoms with Crippen LogP contribution >= 0.6 is 23.8 Å². The first kappa shape index (κ1) is 22.6. The van der Waals surface area contributed by atoms with Gasteiger partial charge in [0.15, 0.2) is 5.11 Å². The highest BCUT2D eigenvalue weighted by molar-refractivity contribution is 7.80. The van der Waals surface area contributed by atoms with Gasteiger partial charge in [-0.1, -0.05) is 54.1 Å². The van der Waals surface area contributed by atoms with E-state index in [1.807, 2.05) is 0 Å². The summed E-state index contributed by atoms with van der Waals surface area (Å²) in [6.07, 6.45) is -4.55. The summed E-state index contributed by atoms with van der Waals surface area (Å²) < 4.78 is 39.7. The average Bonchev–Trinajstić information content (AvgIpc) is 2.74. The maximum atomic E-state index is 13.2. The number of halogens is 4. The van der Waals surface area contributed by atoms with Gasteiger partial charge >= 0.3 is 6.18 Å². The molecule has 3 aromatic rings. The molecule has 0 heterocycles. The molecule has 3 rings (SSSR count). The van der Waals surface area contributed by atoms with E-state index in [1.165, 1.54) is 18.2 Å². The van der Waals surface area contributed by atoms with Crippen molar-refractivity contribution in [3.05, 3.63) is 95.0 Å². The van der Waals surface area contributed by atoms with Crippen molar-refractivity contribution in [2.45, 2.75) is 12.2 Å². The standard InChI is InChI=1S/C22H17ClF3N3OS/c23-15-10-12-16(13-11-15)27-20(30)19(14-6-2-1-3-7-14)29-21(31)28-18-9-5-4-8-17(18)22(24,25)26/h1-13,19H,(H,27,30)(H2,28,29,31). The molecular weight excluding hydrogens is 447 g/mol. The van der Waals surface area contributed by atoms with E-state index in [0.29, 0.717) is 16.3 Å². The lowest BCUT2D eigenvalue weighted by Crippen LogP contribution is -2.39. The van der Waals surface area contributed by atoms with Crippen molar-refractivity contribution >= 4 is 46.2 Å². The molecule has 0 saturated heterocycles. The Morgan fingerprint density at radius 2 is 1.48 bits per heavy atom. The highest BCUT2D eigenvalue weighted by atomic mass is 35.5. The van der Waals surface area contributed by atoms with Crippen LogP contribution in [0.15, 0.2) is 78.9 Å². The number of para-hydroxylation sites is 1. The lowest BCUT2D eigenvalue weighted by atomic mass is 10.1. The summed E-state index contributed by atoms with van der Waals surface area (Å²) in [7, 11) is 0. The van der Waals surface area contributed by atoms with E-state index in [1.54, 1.807) is 54.6 Å². The molecule has 0 aliphatic heterocycles. The van der Waals surface area contributed by atoms with Crippen LogP contribution in [0.3, 0.4) is 0 Å². The smallest absolute Gasteiger partial charge is 0.347 e. The van der Waals surface area contributed by atoms with Gasteiger partial charge in [-0.2, -0.15) is 13.2 Å². The predicted molar refractivity (Wildman–Crippen MR) is 120 cm³/mol.